The molecule has 0 spiro atoms. The van der Waals surface area contributed by atoms with Crippen LogP contribution in [0.3, 0.4) is 0 Å². The van der Waals surface area contributed by atoms with Crippen LogP contribution in [0.5, 0.6) is 17.2 Å². The molecule has 0 fully saturated rings. The minimum Gasteiger partial charge on any atom is -0.504 e. The maximum atomic E-state index is 12.6. The maximum Gasteiger partial charge on any atom is 0.416 e. The molecule has 2 aromatic rings. The number of nitrogens with one attached hydrogen (secondary N) is 1. The van der Waals surface area contributed by atoms with Crippen LogP contribution in [0.15, 0.2) is 47.6 Å². The largest absolute Gasteiger partial charge is 0.504 e. The van der Waals surface area contributed by atoms with Crippen molar-refractivity contribution < 1.29 is 32.5 Å². The van der Waals surface area contributed by atoms with E-state index in [1.165, 1.54) is 25.5 Å². The first-order valence-corrected chi connectivity index (χ1v) is 7.29. The number of para-hydroxylation sites is 1. The van der Waals surface area contributed by atoms with Crippen molar-refractivity contribution in [3.05, 3.63) is 53.6 Å². The van der Waals surface area contributed by atoms with E-state index in [9.17, 15) is 23.1 Å². The van der Waals surface area contributed by atoms with Crippen molar-refractivity contribution in [1.82, 2.24) is 5.43 Å². The first-order valence-electron chi connectivity index (χ1n) is 7.29. The predicted molar refractivity (Wildman–Crippen MR) is 87.3 cm³/mol. The number of hydrogen-bond donors (Lipinski definition) is 2. The number of carbonyl (C=O) groups excluding carboxylic acids is 1. The lowest BCUT2D eigenvalue weighted by molar-refractivity contribution is -0.137. The van der Waals surface area contributed by atoms with Crippen LogP contribution in [-0.2, 0) is 11.0 Å². The van der Waals surface area contributed by atoms with Crippen molar-refractivity contribution in [2.24, 2.45) is 5.10 Å². The van der Waals surface area contributed by atoms with Crippen molar-refractivity contribution in [3.8, 4) is 17.2 Å². The molecular formula is C17H15F3N2O4. The van der Waals surface area contributed by atoms with Gasteiger partial charge in [-0.15, -0.1) is 0 Å². The zero-order valence-corrected chi connectivity index (χ0v) is 13.6. The Morgan fingerprint density at radius 3 is 2.69 bits per heavy atom. The molecule has 0 aliphatic carbocycles. The molecule has 1 amide bonds. The Bertz CT molecular complexity index is 807. The number of nitrogens with zero attached hydrogens (tertiary/aromatic N) is 1. The van der Waals surface area contributed by atoms with Gasteiger partial charge in [0.15, 0.2) is 18.1 Å². The standard InChI is InChI=1S/C17H15F3N2O4/c1-25-14-7-2-4-11(16(14)24)9-21-22-15(23)10-26-13-6-3-5-12(8-13)17(18,19)20/h2-9,24H,10H2,1H3,(H,22,23)/b21-9+. The van der Waals surface area contributed by atoms with Gasteiger partial charge in [-0.25, -0.2) is 5.43 Å². The molecule has 0 aliphatic rings. The number of halogens is 3. The van der Waals surface area contributed by atoms with Crippen molar-refractivity contribution >= 4 is 12.1 Å². The summed E-state index contributed by atoms with van der Waals surface area (Å²) in [6, 6.07) is 8.90. The average Bonchev–Trinajstić information content (AvgIpc) is 2.61. The summed E-state index contributed by atoms with van der Waals surface area (Å²) >= 11 is 0. The summed E-state index contributed by atoms with van der Waals surface area (Å²) in [6.45, 7) is -0.525. The number of hydrogen-bond acceptors (Lipinski definition) is 5. The monoisotopic (exact) mass is 368 g/mol. The van der Waals surface area contributed by atoms with E-state index in [0.29, 0.717) is 5.56 Å². The SMILES string of the molecule is COc1cccc(/C=N/NC(=O)COc2cccc(C(F)(F)F)c2)c1O. The molecule has 0 saturated heterocycles. The number of alkyl halides is 3. The molecule has 0 saturated carbocycles. The summed E-state index contributed by atoms with van der Waals surface area (Å²) in [5.41, 5.74) is 1.58. The summed E-state index contributed by atoms with van der Waals surface area (Å²) in [5.74, 6) is -0.674. The topological polar surface area (TPSA) is 80.2 Å². The highest BCUT2D eigenvalue weighted by Gasteiger charge is 2.30. The lowest BCUT2D eigenvalue weighted by atomic mass is 10.2. The fourth-order valence-electron chi connectivity index (χ4n) is 1.93. The molecule has 2 aromatic carbocycles. The van der Waals surface area contributed by atoms with E-state index in [1.807, 2.05) is 0 Å². The van der Waals surface area contributed by atoms with E-state index in [1.54, 1.807) is 18.2 Å². The number of rotatable bonds is 6. The zero-order valence-electron chi connectivity index (χ0n) is 13.6. The third-order valence-corrected chi connectivity index (χ3v) is 3.17. The second-order valence-corrected chi connectivity index (χ2v) is 5.01. The van der Waals surface area contributed by atoms with E-state index in [0.717, 1.165) is 12.1 Å². The molecule has 2 rings (SSSR count). The lowest BCUT2D eigenvalue weighted by Crippen LogP contribution is -2.24. The van der Waals surface area contributed by atoms with Crippen LogP contribution in [0.2, 0.25) is 0 Å². The molecule has 2 N–H and O–H groups in total. The van der Waals surface area contributed by atoms with Crippen LogP contribution in [0.1, 0.15) is 11.1 Å². The summed E-state index contributed by atoms with van der Waals surface area (Å²) < 4.78 is 47.7. The second-order valence-electron chi connectivity index (χ2n) is 5.01. The number of phenolic OH excluding ortho intramolecular Hbond substituents is 1. The Balaban J connectivity index is 1.90. The van der Waals surface area contributed by atoms with Crippen LogP contribution in [-0.4, -0.2) is 30.9 Å². The Morgan fingerprint density at radius 1 is 1.27 bits per heavy atom. The van der Waals surface area contributed by atoms with Crippen molar-refractivity contribution in [3.63, 3.8) is 0 Å². The minimum atomic E-state index is -4.50. The van der Waals surface area contributed by atoms with Gasteiger partial charge in [0.1, 0.15) is 5.75 Å². The third-order valence-electron chi connectivity index (χ3n) is 3.17. The van der Waals surface area contributed by atoms with Gasteiger partial charge in [-0.05, 0) is 30.3 Å². The number of ether oxygens (including phenoxy) is 2. The van der Waals surface area contributed by atoms with Gasteiger partial charge in [-0.1, -0.05) is 12.1 Å². The molecule has 0 heterocycles. The Kier molecular flexibility index (Phi) is 6.05. The highest BCUT2D eigenvalue weighted by atomic mass is 19.4. The van der Waals surface area contributed by atoms with Crippen LogP contribution in [0.4, 0.5) is 13.2 Å². The van der Waals surface area contributed by atoms with E-state index in [-0.39, 0.29) is 17.2 Å². The van der Waals surface area contributed by atoms with Crippen LogP contribution in [0, 0.1) is 0 Å². The summed E-state index contributed by atoms with van der Waals surface area (Å²) in [4.78, 5) is 11.6. The highest BCUT2D eigenvalue weighted by Crippen LogP contribution is 2.31. The van der Waals surface area contributed by atoms with Gasteiger partial charge in [0, 0.05) is 5.56 Å². The number of methoxy groups -OCH3 is 1. The molecule has 0 atom stereocenters. The molecule has 6 nitrogen and oxygen atoms in total. The molecule has 0 aliphatic heterocycles. The fraction of sp³-hybridized carbons (Fsp3) is 0.176. The number of amides is 1. The molecule has 0 bridgehead atoms. The van der Waals surface area contributed by atoms with E-state index in [4.69, 9.17) is 9.47 Å². The van der Waals surface area contributed by atoms with Crippen molar-refractivity contribution in [2.45, 2.75) is 6.18 Å². The zero-order chi connectivity index (χ0) is 19.2. The van der Waals surface area contributed by atoms with Gasteiger partial charge in [-0.2, -0.15) is 18.3 Å². The Hall–Kier alpha value is -3.23. The first-order chi connectivity index (χ1) is 12.3. The number of benzene rings is 2. The van der Waals surface area contributed by atoms with Crippen LogP contribution < -0.4 is 14.9 Å². The molecule has 0 unspecified atom stereocenters. The summed E-state index contributed by atoms with van der Waals surface area (Å²) in [7, 11) is 1.39. The van der Waals surface area contributed by atoms with Gasteiger partial charge in [0.2, 0.25) is 0 Å². The maximum absolute atomic E-state index is 12.6. The Labute approximate surface area is 146 Å². The minimum absolute atomic E-state index is 0.0932. The van der Waals surface area contributed by atoms with Gasteiger partial charge in [0.25, 0.3) is 5.91 Å². The van der Waals surface area contributed by atoms with E-state index in [2.05, 4.69) is 10.5 Å². The quantitative estimate of drug-likeness (QED) is 0.607. The van der Waals surface area contributed by atoms with Gasteiger partial charge in [-0.3, -0.25) is 4.79 Å². The van der Waals surface area contributed by atoms with E-state index < -0.39 is 24.3 Å². The molecule has 0 radical (unpaired) electrons. The van der Waals surface area contributed by atoms with Crippen molar-refractivity contribution in [2.75, 3.05) is 13.7 Å². The Morgan fingerprint density at radius 2 is 2.00 bits per heavy atom. The molecular weight excluding hydrogens is 353 g/mol. The van der Waals surface area contributed by atoms with Crippen LogP contribution in [0.25, 0.3) is 0 Å². The number of carbonyl (C=O) groups is 1. The van der Waals surface area contributed by atoms with Gasteiger partial charge in [0.05, 0.1) is 18.9 Å². The summed E-state index contributed by atoms with van der Waals surface area (Å²) in [6.07, 6.45) is -3.30. The normalized spacial score (nSPS) is 11.4. The third kappa shape index (κ3) is 5.13. The molecule has 26 heavy (non-hydrogen) atoms. The van der Waals surface area contributed by atoms with Crippen molar-refractivity contribution in [1.29, 1.82) is 0 Å². The fourth-order valence-corrected chi connectivity index (χ4v) is 1.93. The molecule has 138 valence electrons. The first kappa shape index (κ1) is 19.1. The molecule has 9 heteroatoms. The second kappa shape index (κ2) is 8.24. The van der Waals surface area contributed by atoms with E-state index >= 15 is 0 Å². The lowest BCUT2D eigenvalue weighted by Gasteiger charge is -2.09. The number of phenols is 1. The van der Waals surface area contributed by atoms with Gasteiger partial charge < -0.3 is 14.6 Å². The number of aromatic hydroxyl groups is 1. The average molecular weight is 368 g/mol. The number of hydrazone groups is 1. The van der Waals surface area contributed by atoms with Gasteiger partial charge >= 0.3 is 6.18 Å². The molecule has 0 aromatic heterocycles. The predicted octanol–water partition coefficient (Wildman–Crippen LogP) is 2.95. The van der Waals surface area contributed by atoms with Crippen LogP contribution >= 0.6 is 0 Å². The highest BCUT2D eigenvalue weighted by molar-refractivity contribution is 5.86. The smallest absolute Gasteiger partial charge is 0.416 e. The summed E-state index contributed by atoms with van der Waals surface area (Å²) in [5, 5.41) is 13.5.